The van der Waals surface area contributed by atoms with Crippen LogP contribution in [0.2, 0.25) is 5.02 Å². The number of carboxylic acids is 1. The molecular formula is C34H29ClN2O7S. The number of benzene rings is 4. The predicted octanol–water partition coefficient (Wildman–Crippen LogP) is 6.59. The first kappa shape index (κ1) is 31.5. The van der Waals surface area contributed by atoms with Gasteiger partial charge in [-0.15, -0.1) is 0 Å². The number of aryl methyl sites for hydroxylation is 1. The Morgan fingerprint density at radius 3 is 2.47 bits per heavy atom. The summed E-state index contributed by atoms with van der Waals surface area (Å²) in [6.07, 6.45) is 0.708. The number of anilines is 1. The van der Waals surface area contributed by atoms with Gasteiger partial charge in [0.1, 0.15) is 18.1 Å². The number of carbonyl (C=O) groups is 2. The summed E-state index contributed by atoms with van der Waals surface area (Å²) in [5, 5.41) is 13.4. The number of sulfone groups is 1. The minimum absolute atomic E-state index is 0.0882. The Balaban J connectivity index is 1.26. The first-order valence-electron chi connectivity index (χ1n) is 14.0. The molecule has 0 radical (unpaired) electrons. The topological polar surface area (TPSA) is 132 Å². The highest BCUT2D eigenvalue weighted by Crippen LogP contribution is 2.28. The van der Waals surface area contributed by atoms with E-state index >= 15 is 0 Å². The largest absolute Gasteiger partial charge is 0.487 e. The summed E-state index contributed by atoms with van der Waals surface area (Å²) in [5.41, 5.74) is 2.90. The lowest BCUT2D eigenvalue weighted by atomic mass is 10.1. The van der Waals surface area contributed by atoms with Crippen LogP contribution in [0, 0.1) is 0 Å². The Bertz CT molecular complexity index is 1950. The molecule has 0 atom stereocenters. The molecule has 0 saturated carbocycles. The molecule has 5 rings (SSSR count). The maximum absolute atomic E-state index is 13.3. The van der Waals surface area contributed by atoms with Crippen LogP contribution in [0.25, 0.3) is 10.9 Å². The average molecular weight is 645 g/mol. The maximum atomic E-state index is 13.3. The molecule has 1 heterocycles. The van der Waals surface area contributed by atoms with Crippen molar-refractivity contribution in [1.82, 2.24) is 4.98 Å². The van der Waals surface area contributed by atoms with Crippen molar-refractivity contribution < 1.29 is 32.6 Å². The normalized spacial score (nSPS) is 11.2. The molecule has 4 aromatic carbocycles. The van der Waals surface area contributed by atoms with Gasteiger partial charge in [0, 0.05) is 16.0 Å². The van der Waals surface area contributed by atoms with Gasteiger partial charge in [0.2, 0.25) is 0 Å². The number of amides is 1. The van der Waals surface area contributed by atoms with E-state index in [0.717, 1.165) is 22.2 Å². The molecule has 0 saturated heterocycles. The molecule has 2 N–H and O–H groups in total. The number of ether oxygens (including phenoxy) is 2. The fraction of sp³-hybridized carbons (Fsp3) is 0.147. The second-order valence-corrected chi connectivity index (χ2v) is 12.7. The lowest BCUT2D eigenvalue weighted by molar-refractivity contribution is -0.139. The van der Waals surface area contributed by atoms with Gasteiger partial charge in [-0.05, 0) is 85.1 Å². The maximum Gasteiger partial charge on any atom is 0.341 e. The molecular weight excluding hydrogens is 616 g/mol. The minimum Gasteiger partial charge on any atom is -0.487 e. The summed E-state index contributed by atoms with van der Waals surface area (Å²) in [6.45, 7) is -0.396. The van der Waals surface area contributed by atoms with Crippen molar-refractivity contribution in [3.05, 3.63) is 125 Å². The zero-order chi connectivity index (χ0) is 31.8. The quantitative estimate of drug-likeness (QED) is 0.147. The van der Waals surface area contributed by atoms with Crippen LogP contribution in [0.5, 0.6) is 11.5 Å². The van der Waals surface area contributed by atoms with Crippen LogP contribution in [0.4, 0.5) is 5.69 Å². The molecule has 0 unspecified atom stereocenters. The third-order valence-corrected chi connectivity index (χ3v) is 8.90. The smallest absolute Gasteiger partial charge is 0.341 e. The standard InChI is InChI=1S/C34H29ClN2O7S/c35-26-12-15-29(16-13-26)45(41,42)18-4-5-23-10-17-32(44-22-33(38)39)31(19-23)37-34(40)25-7-3-8-28(20-25)43-21-27-14-11-24-6-1-2-9-30(24)36-27/h1-3,6-17,19-20H,4-5,18,21-22H2,(H,37,40)(H,38,39). The van der Waals surface area contributed by atoms with Gasteiger partial charge in [0.25, 0.3) is 5.91 Å². The first-order chi connectivity index (χ1) is 21.7. The van der Waals surface area contributed by atoms with E-state index in [-0.39, 0.29) is 28.7 Å². The molecule has 1 amide bonds. The number of aromatic nitrogens is 1. The van der Waals surface area contributed by atoms with Gasteiger partial charge >= 0.3 is 5.97 Å². The van der Waals surface area contributed by atoms with Gasteiger partial charge in [-0.25, -0.2) is 18.2 Å². The van der Waals surface area contributed by atoms with E-state index < -0.39 is 28.3 Å². The van der Waals surface area contributed by atoms with Gasteiger partial charge in [-0.3, -0.25) is 4.79 Å². The summed E-state index contributed by atoms with van der Waals surface area (Å²) < 4.78 is 36.8. The second-order valence-electron chi connectivity index (χ2n) is 10.2. The fourth-order valence-corrected chi connectivity index (χ4v) is 6.03. The molecule has 0 aliphatic carbocycles. The summed E-state index contributed by atoms with van der Waals surface area (Å²) in [6, 6.07) is 29.2. The zero-order valence-electron chi connectivity index (χ0n) is 24.0. The molecule has 0 fully saturated rings. The van der Waals surface area contributed by atoms with Crippen LogP contribution in [-0.4, -0.2) is 42.7 Å². The lowest BCUT2D eigenvalue weighted by Gasteiger charge is -2.14. The number of carboxylic acid groups (broad SMARTS) is 1. The number of pyridine rings is 1. The van der Waals surface area contributed by atoms with Crippen molar-refractivity contribution in [3.63, 3.8) is 0 Å². The number of aliphatic carboxylic acids is 1. The molecule has 0 spiro atoms. The van der Waals surface area contributed by atoms with Crippen LogP contribution in [0.3, 0.4) is 0 Å². The number of hydrogen-bond acceptors (Lipinski definition) is 7. The van der Waals surface area contributed by atoms with Gasteiger partial charge in [-0.2, -0.15) is 0 Å². The average Bonchev–Trinajstić information content (AvgIpc) is 3.03. The van der Waals surface area contributed by atoms with Crippen LogP contribution in [0.1, 0.15) is 28.0 Å². The van der Waals surface area contributed by atoms with Crippen molar-refractivity contribution in [2.75, 3.05) is 17.7 Å². The molecule has 1 aromatic heterocycles. The Morgan fingerprint density at radius 2 is 1.67 bits per heavy atom. The number of fused-ring (bicyclic) bond motifs is 1. The molecule has 9 nitrogen and oxygen atoms in total. The van der Waals surface area contributed by atoms with Crippen LogP contribution >= 0.6 is 11.6 Å². The van der Waals surface area contributed by atoms with Crippen LogP contribution in [-0.2, 0) is 27.7 Å². The molecule has 0 aliphatic heterocycles. The van der Waals surface area contributed by atoms with Crippen molar-refractivity contribution in [3.8, 4) is 11.5 Å². The number of halogens is 1. The third kappa shape index (κ3) is 8.59. The summed E-state index contributed by atoms with van der Waals surface area (Å²) in [7, 11) is -3.51. The number of nitrogens with zero attached hydrogens (tertiary/aromatic N) is 1. The molecule has 45 heavy (non-hydrogen) atoms. The van der Waals surface area contributed by atoms with E-state index in [9.17, 15) is 18.0 Å². The molecule has 11 heteroatoms. The van der Waals surface area contributed by atoms with Crippen LogP contribution in [0.15, 0.2) is 108 Å². The molecule has 0 aliphatic rings. The highest BCUT2D eigenvalue weighted by Gasteiger charge is 2.16. The van der Waals surface area contributed by atoms with E-state index in [2.05, 4.69) is 10.3 Å². The summed E-state index contributed by atoms with van der Waals surface area (Å²) in [5.74, 6) is -1.09. The van der Waals surface area contributed by atoms with Gasteiger partial charge in [0.15, 0.2) is 16.4 Å². The Morgan fingerprint density at radius 1 is 0.867 bits per heavy atom. The highest BCUT2D eigenvalue weighted by atomic mass is 35.5. The monoisotopic (exact) mass is 644 g/mol. The van der Waals surface area contributed by atoms with Crippen molar-refractivity contribution in [2.45, 2.75) is 24.3 Å². The second kappa shape index (κ2) is 14.2. The number of hydrogen-bond donors (Lipinski definition) is 2. The van der Waals surface area contributed by atoms with Crippen molar-refractivity contribution in [2.24, 2.45) is 0 Å². The van der Waals surface area contributed by atoms with E-state index in [4.69, 9.17) is 26.2 Å². The van der Waals surface area contributed by atoms with Gasteiger partial charge < -0.3 is 19.9 Å². The van der Waals surface area contributed by atoms with Crippen molar-refractivity contribution >= 4 is 49.9 Å². The van der Waals surface area contributed by atoms with Gasteiger partial charge in [0.05, 0.1) is 27.5 Å². The lowest BCUT2D eigenvalue weighted by Crippen LogP contribution is -2.15. The summed E-state index contributed by atoms with van der Waals surface area (Å²) >= 11 is 5.87. The third-order valence-electron chi connectivity index (χ3n) is 6.83. The molecule has 5 aromatic rings. The predicted molar refractivity (Wildman–Crippen MR) is 172 cm³/mol. The highest BCUT2D eigenvalue weighted by molar-refractivity contribution is 7.91. The van der Waals surface area contributed by atoms with E-state index in [1.165, 1.54) is 24.3 Å². The van der Waals surface area contributed by atoms with E-state index in [1.54, 1.807) is 42.5 Å². The van der Waals surface area contributed by atoms with Crippen molar-refractivity contribution in [1.29, 1.82) is 0 Å². The van der Waals surface area contributed by atoms with Crippen LogP contribution < -0.4 is 14.8 Å². The molecule has 0 bridgehead atoms. The summed E-state index contributed by atoms with van der Waals surface area (Å²) in [4.78, 5) is 29.2. The Kier molecular flexibility index (Phi) is 9.96. The van der Waals surface area contributed by atoms with E-state index in [0.29, 0.717) is 29.2 Å². The number of carbonyl (C=O) groups excluding carboxylic acids is 1. The first-order valence-corrected chi connectivity index (χ1v) is 16.0. The van der Waals surface area contributed by atoms with Gasteiger partial charge in [-0.1, -0.05) is 48.0 Å². The number of nitrogens with one attached hydrogen (secondary N) is 1. The molecule has 230 valence electrons. The fourth-order valence-electron chi connectivity index (χ4n) is 4.59. The number of para-hydroxylation sites is 1. The zero-order valence-corrected chi connectivity index (χ0v) is 25.6. The Hall–Kier alpha value is -4.93. The number of rotatable bonds is 13. The minimum atomic E-state index is -3.51. The SMILES string of the molecule is O=C(O)COc1ccc(CCCS(=O)(=O)c2ccc(Cl)cc2)cc1NC(=O)c1cccc(OCc2ccc3ccccc3n2)c1. The Labute approximate surface area is 265 Å². The van der Waals surface area contributed by atoms with E-state index in [1.807, 2.05) is 36.4 Å².